The molecule has 0 radical (unpaired) electrons. The van der Waals surface area contributed by atoms with Gasteiger partial charge in [0.1, 0.15) is 0 Å². The third kappa shape index (κ3) is 3.45. The predicted octanol–water partition coefficient (Wildman–Crippen LogP) is 5.46. The second-order valence-electron chi connectivity index (χ2n) is 9.06. The first-order valence-corrected chi connectivity index (χ1v) is 11.7. The van der Waals surface area contributed by atoms with Crippen LogP contribution in [0.25, 0.3) is 11.1 Å². The summed E-state index contributed by atoms with van der Waals surface area (Å²) >= 11 is 0. The van der Waals surface area contributed by atoms with Gasteiger partial charge < -0.3 is 0 Å². The maximum absolute atomic E-state index is 14.0. The lowest BCUT2D eigenvalue weighted by Crippen LogP contribution is -2.46. The van der Waals surface area contributed by atoms with Crippen LogP contribution in [0.15, 0.2) is 48.6 Å². The van der Waals surface area contributed by atoms with Crippen LogP contribution in [0.1, 0.15) is 44.7 Å². The van der Waals surface area contributed by atoms with Gasteiger partial charge in [-0.3, -0.25) is 19.2 Å². The zero-order valence-corrected chi connectivity index (χ0v) is 19.8. The van der Waals surface area contributed by atoms with Gasteiger partial charge in [0.2, 0.25) is 0 Å². The van der Waals surface area contributed by atoms with E-state index in [-0.39, 0.29) is 46.2 Å². The van der Waals surface area contributed by atoms with Crippen molar-refractivity contribution >= 4 is 46.1 Å². The normalized spacial score (nSPS) is 19.1. The zero-order valence-electron chi connectivity index (χ0n) is 19.8. The summed E-state index contributed by atoms with van der Waals surface area (Å²) in [5, 5.41) is 0. The first-order chi connectivity index (χ1) is 19.0. The largest absolute Gasteiger partial charge is 0.268 e. The molecule has 200 valence electrons. The lowest BCUT2D eigenvalue weighted by Gasteiger charge is -2.35. The van der Waals surface area contributed by atoms with Crippen LogP contribution in [0.3, 0.4) is 0 Å². The van der Waals surface area contributed by atoms with Gasteiger partial charge >= 0.3 is 0 Å². The van der Waals surface area contributed by atoms with Gasteiger partial charge in [0.15, 0.2) is 34.9 Å². The summed E-state index contributed by atoms with van der Waals surface area (Å²) in [7, 11) is 0. The van der Waals surface area contributed by atoms with E-state index in [1.165, 1.54) is 12.2 Å². The molecule has 1 aliphatic carbocycles. The number of rotatable bonds is 2. The topological polar surface area (TPSA) is 74.8 Å². The minimum absolute atomic E-state index is 0.0874. The molecule has 4 amide bonds. The maximum atomic E-state index is 14.0. The Morgan fingerprint density at radius 3 is 1.15 bits per heavy atom. The molecule has 0 saturated carbocycles. The molecule has 0 aromatic heterocycles. The average molecular weight is 554 g/mol. The van der Waals surface area contributed by atoms with Crippen molar-refractivity contribution in [1.82, 2.24) is 0 Å². The smallest absolute Gasteiger partial charge is 0.265 e. The van der Waals surface area contributed by atoms with E-state index in [4.69, 9.17) is 0 Å². The van der Waals surface area contributed by atoms with Crippen molar-refractivity contribution < 1.29 is 45.5 Å². The Balaban J connectivity index is 1.56. The van der Waals surface area contributed by atoms with Gasteiger partial charge in [-0.1, -0.05) is 12.2 Å². The van der Waals surface area contributed by atoms with Crippen molar-refractivity contribution in [2.45, 2.75) is 12.8 Å². The molecule has 6 nitrogen and oxygen atoms in total. The van der Waals surface area contributed by atoms with Crippen LogP contribution in [-0.4, -0.2) is 23.6 Å². The average Bonchev–Trinajstić information content (AvgIpc) is 2.89. The summed E-state index contributed by atoms with van der Waals surface area (Å²) in [6.45, 7) is 0. The van der Waals surface area contributed by atoms with Crippen LogP contribution in [-0.2, 0) is 9.59 Å². The van der Waals surface area contributed by atoms with Crippen molar-refractivity contribution in [3.63, 3.8) is 0 Å². The Labute approximate surface area is 220 Å². The Hall–Kier alpha value is -5.00. The molecule has 3 aliphatic rings. The minimum Gasteiger partial charge on any atom is -0.268 e. The number of allylic oxidation sites excluding steroid dienone is 2. The maximum Gasteiger partial charge on any atom is 0.265 e. The number of carbonyl (C=O) groups excluding carboxylic acids is 4. The number of anilines is 2. The fourth-order valence-corrected chi connectivity index (χ4v) is 5.04. The summed E-state index contributed by atoms with van der Waals surface area (Å²) in [5.74, 6) is -14.3. The molecular formula is C28H12F6N2O4. The third-order valence-corrected chi connectivity index (χ3v) is 6.80. The molecule has 2 heterocycles. The molecular weight excluding hydrogens is 542 g/mol. The van der Waals surface area contributed by atoms with Gasteiger partial charge in [-0.15, -0.1) is 0 Å². The lowest BCUT2D eigenvalue weighted by molar-refractivity contribution is -0.113. The summed E-state index contributed by atoms with van der Waals surface area (Å²) in [6, 6.07) is 4.24. The van der Waals surface area contributed by atoms with Gasteiger partial charge in [0.25, 0.3) is 23.6 Å². The molecule has 0 atom stereocenters. The Morgan fingerprint density at radius 2 is 0.825 bits per heavy atom. The van der Waals surface area contributed by atoms with E-state index in [0.29, 0.717) is 34.1 Å². The van der Waals surface area contributed by atoms with Crippen LogP contribution in [0.5, 0.6) is 0 Å². The molecule has 2 aliphatic heterocycles. The molecule has 0 saturated heterocycles. The van der Waals surface area contributed by atoms with Crippen molar-refractivity contribution in [2.75, 3.05) is 9.80 Å². The number of benzene rings is 3. The van der Waals surface area contributed by atoms with E-state index in [1.54, 1.807) is 0 Å². The molecule has 6 rings (SSSR count). The summed E-state index contributed by atoms with van der Waals surface area (Å²) in [6.07, 6.45) is 3.14. The van der Waals surface area contributed by atoms with E-state index >= 15 is 0 Å². The van der Waals surface area contributed by atoms with Crippen LogP contribution < -0.4 is 9.80 Å². The number of imide groups is 2. The fraction of sp³-hybridized carbons (Fsp3) is 0.0714. The van der Waals surface area contributed by atoms with Crippen molar-refractivity contribution in [2.24, 2.45) is 0 Å². The number of hydrogen-bond acceptors (Lipinski definition) is 4. The van der Waals surface area contributed by atoms with Crippen molar-refractivity contribution in [3.8, 4) is 0 Å². The van der Waals surface area contributed by atoms with Crippen LogP contribution >= 0.6 is 0 Å². The highest BCUT2D eigenvalue weighted by atomic mass is 19.2. The lowest BCUT2D eigenvalue weighted by atomic mass is 9.79. The SMILES string of the molecule is O=C1/C2=C/CC/C=C3/C(=O)N(c4cc(F)c(F)c(F)c4)C(=O)c4ccc(c2c43)C(=O)N1c1cc(F)c(F)c(F)c1. The van der Waals surface area contributed by atoms with Crippen molar-refractivity contribution in [3.05, 3.63) is 106 Å². The van der Waals surface area contributed by atoms with Crippen LogP contribution in [0.2, 0.25) is 0 Å². The van der Waals surface area contributed by atoms with E-state index < -0.39 is 69.9 Å². The van der Waals surface area contributed by atoms with Gasteiger partial charge in [0.05, 0.1) is 11.4 Å². The second-order valence-corrected chi connectivity index (χ2v) is 9.06. The summed E-state index contributed by atoms with van der Waals surface area (Å²) in [4.78, 5) is 55.0. The van der Waals surface area contributed by atoms with Crippen molar-refractivity contribution in [1.29, 1.82) is 0 Å². The fourth-order valence-electron chi connectivity index (χ4n) is 5.04. The Kier molecular flexibility index (Phi) is 5.54. The predicted molar refractivity (Wildman–Crippen MR) is 128 cm³/mol. The summed E-state index contributed by atoms with van der Waals surface area (Å²) < 4.78 is 83.0. The van der Waals surface area contributed by atoms with Gasteiger partial charge in [-0.25, -0.2) is 36.1 Å². The van der Waals surface area contributed by atoms with Gasteiger partial charge in [-0.05, 0) is 25.0 Å². The van der Waals surface area contributed by atoms with Gasteiger partial charge in [0, 0.05) is 57.7 Å². The monoisotopic (exact) mass is 554 g/mol. The number of nitrogens with zero attached hydrogens (tertiary/aromatic N) is 2. The Bertz CT molecular complexity index is 1640. The van der Waals surface area contributed by atoms with E-state index in [1.807, 2.05) is 0 Å². The molecule has 40 heavy (non-hydrogen) atoms. The standard InChI is InChI=1S/C28H12F6N2O4/c29-17-7-11(8-18(30)23(17)33)35-25(37)13-3-1-2-4-14-22-16(6-5-15(21(13)22)27(35)39)28(40)36(26(14)38)12-9-19(31)24(34)20(32)10-12/h3-10H,1-2H2/b13-3+,14-4+. The molecule has 0 unspecified atom stereocenters. The third-order valence-electron chi connectivity index (χ3n) is 6.80. The zero-order chi connectivity index (χ0) is 28.6. The first kappa shape index (κ1) is 25.3. The second kappa shape index (κ2) is 8.76. The van der Waals surface area contributed by atoms with Crippen LogP contribution in [0, 0.1) is 34.9 Å². The quantitative estimate of drug-likeness (QED) is 0.240. The Morgan fingerprint density at radius 1 is 0.500 bits per heavy atom. The first-order valence-electron chi connectivity index (χ1n) is 11.7. The highest BCUT2D eigenvalue weighted by Gasteiger charge is 2.44. The molecule has 0 N–H and O–H groups in total. The molecule has 0 bridgehead atoms. The molecule has 3 aromatic carbocycles. The molecule has 0 spiro atoms. The number of halogens is 6. The van der Waals surface area contributed by atoms with E-state index in [9.17, 15) is 45.5 Å². The van der Waals surface area contributed by atoms with E-state index in [2.05, 4.69) is 0 Å². The van der Waals surface area contributed by atoms with Crippen LogP contribution in [0.4, 0.5) is 37.7 Å². The number of amides is 4. The number of hydrogen-bond donors (Lipinski definition) is 0. The molecule has 0 fully saturated rings. The molecule has 12 heteroatoms. The summed E-state index contributed by atoms with van der Waals surface area (Å²) in [5.41, 5.74) is -2.04. The minimum atomic E-state index is -1.79. The highest BCUT2D eigenvalue weighted by Crippen LogP contribution is 2.44. The van der Waals surface area contributed by atoms with E-state index in [0.717, 1.165) is 12.1 Å². The highest BCUT2D eigenvalue weighted by molar-refractivity contribution is 6.46. The number of carbonyl (C=O) groups is 4. The van der Waals surface area contributed by atoms with Gasteiger partial charge in [-0.2, -0.15) is 0 Å². The molecule has 3 aromatic rings.